The summed E-state index contributed by atoms with van der Waals surface area (Å²) in [7, 11) is 1.86. The molecule has 0 atom stereocenters. The van der Waals surface area contributed by atoms with Crippen molar-refractivity contribution in [3.05, 3.63) is 16.1 Å². The highest BCUT2D eigenvalue weighted by molar-refractivity contribution is 7.11. The largest absolute Gasteiger partial charge is 0.379 e. The molecule has 0 amide bonds. The SMILES string of the molecule is CCc1cnc(CCNC(=NC)NCC2(CN3CCOCC3)CCCCC2)s1. The van der Waals surface area contributed by atoms with Crippen LogP contribution in [-0.2, 0) is 17.6 Å². The first-order chi connectivity index (χ1) is 13.7. The predicted molar refractivity (Wildman–Crippen MR) is 117 cm³/mol. The Hall–Kier alpha value is -1.18. The molecule has 7 heteroatoms. The number of hydrogen-bond acceptors (Lipinski definition) is 5. The van der Waals surface area contributed by atoms with Crippen LogP contribution in [0.4, 0.5) is 0 Å². The van der Waals surface area contributed by atoms with Gasteiger partial charge in [-0.05, 0) is 19.3 Å². The topological polar surface area (TPSA) is 61.8 Å². The number of morpholine rings is 1. The minimum atomic E-state index is 0.360. The number of nitrogens with zero attached hydrogens (tertiary/aromatic N) is 3. The van der Waals surface area contributed by atoms with Crippen molar-refractivity contribution in [1.82, 2.24) is 20.5 Å². The van der Waals surface area contributed by atoms with Gasteiger partial charge in [0.05, 0.1) is 18.2 Å². The van der Waals surface area contributed by atoms with Gasteiger partial charge in [-0.2, -0.15) is 0 Å². The van der Waals surface area contributed by atoms with Crippen molar-refractivity contribution >= 4 is 17.3 Å². The van der Waals surface area contributed by atoms with E-state index in [1.54, 1.807) is 0 Å². The standard InChI is InChI=1S/C21H37N5OS/c1-3-18-15-24-19(28-18)7-10-23-20(22-2)25-16-21(8-5-4-6-9-21)17-26-11-13-27-14-12-26/h15H,3-14,16-17H2,1-2H3,(H2,22,23,25). The Kier molecular flexibility index (Phi) is 8.55. The van der Waals surface area contributed by atoms with Gasteiger partial charge < -0.3 is 15.4 Å². The zero-order valence-electron chi connectivity index (χ0n) is 17.6. The number of hydrogen-bond donors (Lipinski definition) is 2. The Morgan fingerprint density at radius 3 is 2.71 bits per heavy atom. The molecule has 6 nitrogen and oxygen atoms in total. The molecule has 0 radical (unpaired) electrons. The molecule has 0 bridgehead atoms. The number of aryl methyl sites for hydroxylation is 1. The highest BCUT2D eigenvalue weighted by Gasteiger charge is 2.34. The molecule has 3 rings (SSSR count). The molecule has 2 aliphatic rings. The highest BCUT2D eigenvalue weighted by atomic mass is 32.1. The molecule has 1 saturated carbocycles. The minimum Gasteiger partial charge on any atom is -0.379 e. The number of nitrogens with one attached hydrogen (secondary N) is 2. The molecule has 1 aliphatic carbocycles. The van der Waals surface area contributed by atoms with Gasteiger partial charge in [-0.3, -0.25) is 9.89 Å². The van der Waals surface area contributed by atoms with Gasteiger partial charge in [-0.1, -0.05) is 26.2 Å². The van der Waals surface area contributed by atoms with Crippen molar-refractivity contribution in [2.45, 2.75) is 51.9 Å². The maximum atomic E-state index is 5.54. The van der Waals surface area contributed by atoms with Crippen LogP contribution in [0.3, 0.4) is 0 Å². The molecule has 1 aromatic rings. The van der Waals surface area contributed by atoms with E-state index in [2.05, 4.69) is 32.4 Å². The Morgan fingerprint density at radius 2 is 2.04 bits per heavy atom. The van der Waals surface area contributed by atoms with E-state index in [1.807, 2.05) is 24.6 Å². The third-order valence-corrected chi connectivity index (χ3v) is 7.21. The second-order valence-electron chi connectivity index (χ2n) is 8.13. The average Bonchev–Trinajstić information content (AvgIpc) is 3.20. The monoisotopic (exact) mass is 407 g/mol. The molecular weight excluding hydrogens is 370 g/mol. The van der Waals surface area contributed by atoms with Gasteiger partial charge in [0, 0.05) is 62.7 Å². The first-order valence-corrected chi connectivity index (χ1v) is 11.7. The van der Waals surface area contributed by atoms with Crippen molar-refractivity contribution in [3.8, 4) is 0 Å². The fourth-order valence-corrected chi connectivity index (χ4v) is 5.19. The van der Waals surface area contributed by atoms with Gasteiger partial charge in [-0.25, -0.2) is 4.98 Å². The number of rotatable bonds is 8. The normalized spacial score (nSPS) is 20.9. The lowest BCUT2D eigenvalue weighted by Gasteiger charge is -2.42. The lowest BCUT2D eigenvalue weighted by Crippen LogP contribution is -2.51. The fraction of sp³-hybridized carbons (Fsp3) is 0.810. The fourth-order valence-electron chi connectivity index (χ4n) is 4.33. The van der Waals surface area contributed by atoms with Crippen molar-refractivity contribution < 1.29 is 4.74 Å². The van der Waals surface area contributed by atoms with Crippen LogP contribution in [0.2, 0.25) is 0 Å². The second-order valence-corrected chi connectivity index (χ2v) is 9.33. The van der Waals surface area contributed by atoms with Crippen molar-refractivity contribution in [2.24, 2.45) is 10.4 Å². The van der Waals surface area contributed by atoms with Gasteiger partial charge in [0.25, 0.3) is 0 Å². The van der Waals surface area contributed by atoms with E-state index in [-0.39, 0.29) is 0 Å². The smallest absolute Gasteiger partial charge is 0.191 e. The molecule has 0 unspecified atom stereocenters. The molecule has 2 N–H and O–H groups in total. The van der Waals surface area contributed by atoms with E-state index in [0.717, 1.165) is 58.2 Å². The molecular formula is C21H37N5OS. The van der Waals surface area contributed by atoms with E-state index in [9.17, 15) is 0 Å². The molecule has 158 valence electrons. The summed E-state index contributed by atoms with van der Waals surface area (Å²) in [5.41, 5.74) is 0.360. The summed E-state index contributed by atoms with van der Waals surface area (Å²) >= 11 is 1.82. The second kappa shape index (κ2) is 11.1. The Morgan fingerprint density at radius 1 is 1.25 bits per heavy atom. The zero-order valence-corrected chi connectivity index (χ0v) is 18.5. The van der Waals surface area contributed by atoms with Crippen LogP contribution < -0.4 is 10.6 Å². The van der Waals surface area contributed by atoms with Crippen LogP contribution in [0.25, 0.3) is 0 Å². The van der Waals surface area contributed by atoms with Crippen molar-refractivity contribution in [2.75, 3.05) is 53.0 Å². The average molecular weight is 408 g/mol. The number of aromatic nitrogens is 1. The third-order valence-electron chi connectivity index (χ3n) is 6.01. The Labute approximate surface area is 174 Å². The molecule has 2 fully saturated rings. The summed E-state index contributed by atoms with van der Waals surface area (Å²) in [6.45, 7) is 9.13. The number of aliphatic imine (C=N–C) groups is 1. The third kappa shape index (κ3) is 6.42. The first kappa shape index (κ1) is 21.5. The van der Waals surface area contributed by atoms with Crippen LogP contribution in [0.1, 0.15) is 48.9 Å². The van der Waals surface area contributed by atoms with E-state index < -0.39 is 0 Å². The van der Waals surface area contributed by atoms with Crippen LogP contribution in [0.5, 0.6) is 0 Å². The first-order valence-electron chi connectivity index (χ1n) is 10.9. The Bertz CT molecular complexity index is 606. The molecule has 1 aliphatic heterocycles. The highest BCUT2D eigenvalue weighted by Crippen LogP contribution is 2.36. The van der Waals surface area contributed by atoms with E-state index in [4.69, 9.17) is 4.74 Å². The van der Waals surface area contributed by atoms with E-state index >= 15 is 0 Å². The van der Waals surface area contributed by atoms with Crippen LogP contribution >= 0.6 is 11.3 Å². The summed E-state index contributed by atoms with van der Waals surface area (Å²) in [5, 5.41) is 8.32. The van der Waals surface area contributed by atoms with Gasteiger partial charge in [0.2, 0.25) is 0 Å². The van der Waals surface area contributed by atoms with E-state index in [0.29, 0.717) is 5.41 Å². The van der Waals surface area contributed by atoms with Gasteiger partial charge >= 0.3 is 0 Å². The number of thiazole rings is 1. The number of guanidine groups is 1. The molecule has 1 aromatic heterocycles. The summed E-state index contributed by atoms with van der Waals surface area (Å²) in [5.74, 6) is 0.916. The molecule has 1 saturated heterocycles. The molecule has 28 heavy (non-hydrogen) atoms. The van der Waals surface area contributed by atoms with E-state index in [1.165, 1.54) is 48.5 Å². The predicted octanol–water partition coefficient (Wildman–Crippen LogP) is 2.70. The zero-order chi connectivity index (χ0) is 19.7. The maximum Gasteiger partial charge on any atom is 0.191 e. The summed E-state index contributed by atoms with van der Waals surface area (Å²) < 4.78 is 5.54. The lowest BCUT2D eigenvalue weighted by atomic mass is 9.73. The summed E-state index contributed by atoms with van der Waals surface area (Å²) in [4.78, 5) is 12.9. The molecule has 0 aromatic carbocycles. The van der Waals surface area contributed by atoms with Crippen molar-refractivity contribution in [1.29, 1.82) is 0 Å². The quantitative estimate of drug-likeness (QED) is 0.512. The number of ether oxygens (including phenoxy) is 1. The van der Waals surface area contributed by atoms with Gasteiger partial charge in [-0.15, -0.1) is 11.3 Å². The maximum absolute atomic E-state index is 5.54. The van der Waals surface area contributed by atoms with Crippen LogP contribution in [0.15, 0.2) is 11.2 Å². The summed E-state index contributed by atoms with van der Waals surface area (Å²) in [6.07, 6.45) is 10.7. The molecule has 0 spiro atoms. The van der Waals surface area contributed by atoms with Crippen molar-refractivity contribution in [3.63, 3.8) is 0 Å². The van der Waals surface area contributed by atoms with Gasteiger partial charge in [0.15, 0.2) is 5.96 Å². The van der Waals surface area contributed by atoms with Gasteiger partial charge in [0.1, 0.15) is 0 Å². The lowest BCUT2D eigenvalue weighted by molar-refractivity contribution is 0.00820. The minimum absolute atomic E-state index is 0.360. The van der Waals surface area contributed by atoms with Crippen LogP contribution in [0, 0.1) is 5.41 Å². The van der Waals surface area contributed by atoms with Crippen LogP contribution in [-0.4, -0.2) is 68.8 Å². The summed E-state index contributed by atoms with van der Waals surface area (Å²) in [6, 6.07) is 0. The Balaban J connectivity index is 1.47. The molecule has 2 heterocycles.